The number of carbonyl (C=O) groups excluding carboxylic acids is 2. The van der Waals surface area contributed by atoms with Crippen molar-refractivity contribution in [2.45, 2.75) is 38.1 Å². The third kappa shape index (κ3) is 2.56. The third-order valence-corrected chi connectivity index (χ3v) is 6.20. The summed E-state index contributed by atoms with van der Waals surface area (Å²) in [7, 11) is 0. The minimum absolute atomic E-state index is 0.253. The van der Waals surface area contributed by atoms with Crippen LogP contribution in [0, 0.1) is 11.8 Å². The quantitative estimate of drug-likeness (QED) is 0.838. The molecule has 1 aromatic heterocycles. The number of hydrogen-bond donors (Lipinski definition) is 0. The van der Waals surface area contributed by atoms with Crippen molar-refractivity contribution in [1.82, 2.24) is 9.80 Å². The van der Waals surface area contributed by atoms with Gasteiger partial charge in [0.25, 0.3) is 0 Å². The van der Waals surface area contributed by atoms with E-state index >= 15 is 0 Å². The summed E-state index contributed by atoms with van der Waals surface area (Å²) in [6.07, 6.45) is 4.57. The van der Waals surface area contributed by atoms with Gasteiger partial charge in [-0.05, 0) is 53.5 Å². The SMILES string of the molecule is O=C(Cc1ccsc1)N1CC2CC(C1)[C@H]1CCCC(=O)N1C2. The van der Waals surface area contributed by atoms with Crippen molar-refractivity contribution >= 4 is 23.2 Å². The molecule has 22 heavy (non-hydrogen) atoms. The van der Waals surface area contributed by atoms with Gasteiger partial charge in [0.05, 0.1) is 6.42 Å². The Kier molecular flexibility index (Phi) is 3.68. The van der Waals surface area contributed by atoms with E-state index in [1.165, 1.54) is 6.42 Å². The number of likely N-dealkylation sites (tertiary alicyclic amines) is 1. The minimum atomic E-state index is 0.253. The summed E-state index contributed by atoms with van der Waals surface area (Å²) < 4.78 is 0. The Morgan fingerprint density at radius 1 is 1.32 bits per heavy atom. The Bertz CT molecular complexity index is 571. The molecule has 0 N–H and O–H groups in total. The highest BCUT2D eigenvalue weighted by Gasteiger charge is 2.44. The zero-order chi connectivity index (χ0) is 15.1. The molecule has 4 rings (SSSR count). The van der Waals surface area contributed by atoms with E-state index in [-0.39, 0.29) is 5.91 Å². The highest BCUT2D eigenvalue weighted by molar-refractivity contribution is 7.07. The molecule has 2 bridgehead atoms. The van der Waals surface area contributed by atoms with Gasteiger partial charge >= 0.3 is 0 Å². The first-order valence-corrected chi connectivity index (χ1v) is 9.23. The number of hydrogen-bond acceptors (Lipinski definition) is 3. The fourth-order valence-corrected chi connectivity index (χ4v) is 5.16. The van der Waals surface area contributed by atoms with E-state index in [1.54, 1.807) is 11.3 Å². The number of rotatable bonds is 2. The fourth-order valence-electron chi connectivity index (χ4n) is 4.49. The van der Waals surface area contributed by atoms with Crippen molar-refractivity contribution in [3.8, 4) is 0 Å². The van der Waals surface area contributed by atoms with Gasteiger partial charge in [-0.25, -0.2) is 0 Å². The number of nitrogens with zero attached hydrogens (tertiary/aromatic N) is 2. The van der Waals surface area contributed by atoms with Crippen molar-refractivity contribution < 1.29 is 9.59 Å². The van der Waals surface area contributed by atoms with Crippen molar-refractivity contribution in [2.75, 3.05) is 19.6 Å². The zero-order valence-corrected chi connectivity index (χ0v) is 13.6. The van der Waals surface area contributed by atoms with Crippen LogP contribution in [-0.2, 0) is 16.0 Å². The summed E-state index contributed by atoms with van der Waals surface area (Å²) in [5.41, 5.74) is 1.13. The molecule has 3 atom stereocenters. The van der Waals surface area contributed by atoms with Crippen LogP contribution >= 0.6 is 11.3 Å². The van der Waals surface area contributed by atoms with Crippen LogP contribution in [0.5, 0.6) is 0 Å². The van der Waals surface area contributed by atoms with Crippen molar-refractivity contribution in [3.05, 3.63) is 22.4 Å². The van der Waals surface area contributed by atoms with Crippen LogP contribution in [-0.4, -0.2) is 47.3 Å². The average Bonchev–Trinajstić information content (AvgIpc) is 3.01. The summed E-state index contributed by atoms with van der Waals surface area (Å²) in [6, 6.07) is 2.42. The van der Waals surface area contributed by atoms with Crippen LogP contribution in [0.1, 0.15) is 31.2 Å². The lowest BCUT2D eigenvalue weighted by Crippen LogP contribution is -2.61. The maximum atomic E-state index is 12.6. The Labute approximate surface area is 135 Å². The molecule has 2 unspecified atom stereocenters. The Morgan fingerprint density at radius 2 is 2.23 bits per heavy atom. The lowest BCUT2D eigenvalue weighted by molar-refractivity contribution is -0.148. The van der Waals surface area contributed by atoms with E-state index in [4.69, 9.17) is 0 Å². The van der Waals surface area contributed by atoms with Gasteiger partial charge in [0.1, 0.15) is 0 Å². The van der Waals surface area contributed by atoms with Crippen molar-refractivity contribution in [2.24, 2.45) is 11.8 Å². The molecular weight excluding hydrogens is 296 g/mol. The molecule has 2 amide bonds. The largest absolute Gasteiger partial charge is 0.342 e. The molecule has 0 spiro atoms. The molecule has 0 radical (unpaired) electrons. The van der Waals surface area contributed by atoms with E-state index in [0.29, 0.717) is 30.2 Å². The van der Waals surface area contributed by atoms with Gasteiger partial charge in [-0.1, -0.05) is 0 Å². The molecule has 3 aliphatic rings. The van der Waals surface area contributed by atoms with Gasteiger partial charge in [0.15, 0.2) is 0 Å². The predicted octanol–water partition coefficient (Wildman–Crippen LogP) is 2.15. The molecule has 3 fully saturated rings. The molecule has 1 aromatic rings. The first-order valence-electron chi connectivity index (χ1n) is 8.29. The number of carbonyl (C=O) groups is 2. The van der Waals surface area contributed by atoms with Gasteiger partial charge in [-0.2, -0.15) is 11.3 Å². The number of piperidine rings is 3. The molecule has 4 nitrogen and oxygen atoms in total. The Hall–Kier alpha value is -1.36. The van der Waals surface area contributed by atoms with E-state index in [0.717, 1.165) is 44.5 Å². The van der Waals surface area contributed by atoms with Crippen LogP contribution in [0.3, 0.4) is 0 Å². The molecule has 5 heteroatoms. The van der Waals surface area contributed by atoms with E-state index in [9.17, 15) is 9.59 Å². The van der Waals surface area contributed by atoms with Crippen LogP contribution < -0.4 is 0 Å². The molecule has 118 valence electrons. The number of thiophene rings is 1. The van der Waals surface area contributed by atoms with Gasteiger partial charge in [-0.15, -0.1) is 0 Å². The van der Waals surface area contributed by atoms with Crippen LogP contribution in [0.25, 0.3) is 0 Å². The first kappa shape index (κ1) is 14.2. The summed E-state index contributed by atoms with van der Waals surface area (Å²) in [6.45, 7) is 2.53. The molecule has 3 aliphatic heterocycles. The highest BCUT2D eigenvalue weighted by Crippen LogP contribution is 2.38. The van der Waals surface area contributed by atoms with Gasteiger partial charge in [0.2, 0.25) is 11.8 Å². The fraction of sp³-hybridized carbons (Fsp3) is 0.647. The van der Waals surface area contributed by atoms with E-state index in [1.807, 2.05) is 11.4 Å². The van der Waals surface area contributed by atoms with Gasteiger partial charge in [-0.3, -0.25) is 9.59 Å². The predicted molar refractivity (Wildman–Crippen MR) is 85.6 cm³/mol. The normalized spacial score (nSPS) is 31.1. The molecule has 3 saturated heterocycles. The summed E-state index contributed by atoms with van der Waals surface area (Å²) in [5.74, 6) is 1.55. The van der Waals surface area contributed by atoms with E-state index < -0.39 is 0 Å². The second-order valence-corrected chi connectivity index (χ2v) is 7.75. The van der Waals surface area contributed by atoms with Crippen LogP contribution in [0.2, 0.25) is 0 Å². The topological polar surface area (TPSA) is 40.6 Å². The Morgan fingerprint density at radius 3 is 3.05 bits per heavy atom. The second kappa shape index (κ2) is 5.69. The molecule has 0 saturated carbocycles. The lowest BCUT2D eigenvalue weighted by Gasteiger charge is -2.52. The van der Waals surface area contributed by atoms with Crippen molar-refractivity contribution in [1.29, 1.82) is 0 Å². The number of amides is 2. The average molecular weight is 318 g/mol. The standard InChI is InChI=1S/C17H22N2O2S/c20-16-3-1-2-15-14-6-13(9-19(15)16)8-18(10-14)17(21)7-12-4-5-22-11-12/h4-5,11,13-15H,1-3,6-10H2/t13?,14?,15-/m1/s1. The number of fused-ring (bicyclic) bond motifs is 4. The van der Waals surface area contributed by atoms with Gasteiger partial charge in [0, 0.05) is 32.1 Å². The van der Waals surface area contributed by atoms with E-state index in [2.05, 4.69) is 15.2 Å². The summed E-state index contributed by atoms with van der Waals surface area (Å²) in [5, 5.41) is 4.09. The smallest absolute Gasteiger partial charge is 0.227 e. The maximum Gasteiger partial charge on any atom is 0.227 e. The zero-order valence-electron chi connectivity index (χ0n) is 12.7. The molecular formula is C17H22N2O2S. The molecule has 0 aromatic carbocycles. The van der Waals surface area contributed by atoms with Crippen LogP contribution in [0.15, 0.2) is 16.8 Å². The second-order valence-electron chi connectivity index (χ2n) is 6.97. The third-order valence-electron chi connectivity index (χ3n) is 5.47. The summed E-state index contributed by atoms with van der Waals surface area (Å²) >= 11 is 1.65. The monoisotopic (exact) mass is 318 g/mol. The molecule has 4 heterocycles. The minimum Gasteiger partial charge on any atom is -0.342 e. The maximum absolute atomic E-state index is 12.6. The van der Waals surface area contributed by atoms with Gasteiger partial charge < -0.3 is 9.80 Å². The highest BCUT2D eigenvalue weighted by atomic mass is 32.1. The first-order chi connectivity index (χ1) is 10.7. The Balaban J connectivity index is 1.46. The van der Waals surface area contributed by atoms with Crippen molar-refractivity contribution in [3.63, 3.8) is 0 Å². The lowest BCUT2D eigenvalue weighted by atomic mass is 9.76. The summed E-state index contributed by atoms with van der Waals surface area (Å²) in [4.78, 5) is 28.9. The molecule has 0 aliphatic carbocycles. The van der Waals surface area contributed by atoms with Crippen LogP contribution in [0.4, 0.5) is 0 Å².